The molecule has 0 aliphatic heterocycles. The van der Waals surface area contributed by atoms with Crippen LogP contribution in [-0.4, -0.2) is 13.4 Å². The van der Waals surface area contributed by atoms with Crippen LogP contribution in [-0.2, 0) is 9.05 Å². The fourth-order valence-electron chi connectivity index (χ4n) is 0.620. The van der Waals surface area contributed by atoms with Crippen molar-refractivity contribution < 1.29 is 8.42 Å². The van der Waals surface area contributed by atoms with E-state index < -0.39 is 19.4 Å². The number of nitrogens with one attached hydrogen (secondary N) is 1. The van der Waals surface area contributed by atoms with Gasteiger partial charge in [-0.15, -0.1) is 0 Å². The van der Waals surface area contributed by atoms with Crippen LogP contribution in [0, 0.1) is 0 Å². The van der Waals surface area contributed by atoms with Crippen LogP contribution in [0.5, 0.6) is 0 Å². The Kier molecular flexibility index (Phi) is 2.46. The zero-order valence-electron chi connectivity index (χ0n) is 5.54. The Morgan fingerprint density at radius 1 is 1.33 bits per heavy atom. The summed E-state index contributed by atoms with van der Waals surface area (Å²) in [4.78, 5) is 12.8. The first kappa shape index (κ1) is 9.57. The normalized spacial score (nSPS) is 11.5. The minimum Gasteiger partial charge on any atom is -0.365 e. The summed E-state index contributed by atoms with van der Waals surface area (Å²) in [5, 5.41) is -0.211. The van der Waals surface area contributed by atoms with Crippen molar-refractivity contribution in [2.24, 2.45) is 0 Å². The highest BCUT2D eigenvalue weighted by molar-refractivity contribution is 8.13. The molecule has 0 saturated heterocycles. The van der Waals surface area contributed by atoms with Gasteiger partial charge in [0.25, 0.3) is 9.05 Å². The highest BCUT2D eigenvalue weighted by atomic mass is 35.7. The van der Waals surface area contributed by atoms with E-state index in [0.717, 1.165) is 6.20 Å². The average molecular weight is 228 g/mol. The molecular weight excluding hydrogens is 225 g/mol. The molecule has 0 unspecified atom stereocenters. The van der Waals surface area contributed by atoms with E-state index in [1.165, 1.54) is 6.20 Å². The minimum absolute atomic E-state index is 0.211. The number of pyridine rings is 1. The number of aromatic amines is 1. The van der Waals surface area contributed by atoms with Gasteiger partial charge in [-0.1, -0.05) is 11.6 Å². The number of hydrogen-bond acceptors (Lipinski definition) is 3. The Bertz CT molecular complexity index is 450. The van der Waals surface area contributed by atoms with Crippen LogP contribution in [0.4, 0.5) is 0 Å². The molecule has 0 saturated carbocycles. The van der Waals surface area contributed by atoms with Crippen molar-refractivity contribution in [3.63, 3.8) is 0 Å². The smallest absolute Gasteiger partial charge is 0.266 e. The third kappa shape index (κ3) is 1.80. The summed E-state index contributed by atoms with van der Waals surface area (Å²) >= 11 is 5.35. The maximum Gasteiger partial charge on any atom is 0.266 e. The fraction of sp³-hybridized carbons (Fsp3) is 0. The van der Waals surface area contributed by atoms with Crippen molar-refractivity contribution in [3.05, 3.63) is 27.6 Å². The average Bonchev–Trinajstić information content (AvgIpc) is 1.92. The summed E-state index contributed by atoms with van der Waals surface area (Å²) in [6, 6.07) is 0. The molecule has 0 spiro atoms. The summed E-state index contributed by atoms with van der Waals surface area (Å²) in [5.41, 5.74) is -0.801. The zero-order valence-corrected chi connectivity index (χ0v) is 7.87. The Morgan fingerprint density at radius 3 is 2.33 bits per heavy atom. The van der Waals surface area contributed by atoms with Crippen LogP contribution in [0.25, 0.3) is 0 Å². The number of aromatic nitrogens is 1. The third-order valence-electron chi connectivity index (χ3n) is 1.13. The Labute approximate surface area is 77.5 Å². The van der Waals surface area contributed by atoms with Gasteiger partial charge in [-0.2, -0.15) is 0 Å². The lowest BCUT2D eigenvalue weighted by Gasteiger charge is -1.93. The Morgan fingerprint density at radius 2 is 1.92 bits per heavy atom. The number of H-pyrrole nitrogens is 1. The van der Waals surface area contributed by atoms with Gasteiger partial charge in [0, 0.05) is 23.1 Å². The van der Waals surface area contributed by atoms with Crippen LogP contribution >= 0.6 is 22.3 Å². The van der Waals surface area contributed by atoms with Crippen molar-refractivity contribution in [3.8, 4) is 0 Å². The van der Waals surface area contributed by atoms with Crippen LogP contribution in [0.15, 0.2) is 22.1 Å². The zero-order chi connectivity index (χ0) is 9.35. The molecule has 7 heteroatoms. The molecule has 1 rings (SSSR count). The van der Waals surface area contributed by atoms with Gasteiger partial charge in [-0.25, -0.2) is 8.42 Å². The number of halogens is 2. The number of hydrogen-bond donors (Lipinski definition) is 1. The summed E-state index contributed by atoms with van der Waals surface area (Å²) in [6.45, 7) is 0. The monoisotopic (exact) mass is 227 g/mol. The topological polar surface area (TPSA) is 67.0 Å². The Balaban J connectivity index is 3.59. The van der Waals surface area contributed by atoms with Crippen LogP contribution in [0.3, 0.4) is 0 Å². The van der Waals surface area contributed by atoms with Gasteiger partial charge >= 0.3 is 0 Å². The molecule has 0 aliphatic carbocycles. The molecule has 0 radical (unpaired) electrons. The van der Waals surface area contributed by atoms with Crippen molar-refractivity contribution in [2.45, 2.75) is 4.90 Å². The van der Waals surface area contributed by atoms with E-state index in [1.54, 1.807) is 0 Å². The highest BCUT2D eigenvalue weighted by Gasteiger charge is 2.15. The minimum atomic E-state index is -4.01. The van der Waals surface area contributed by atoms with Crippen LogP contribution in [0.1, 0.15) is 0 Å². The second-order valence-electron chi connectivity index (χ2n) is 1.93. The van der Waals surface area contributed by atoms with E-state index in [2.05, 4.69) is 4.98 Å². The van der Waals surface area contributed by atoms with Gasteiger partial charge in [0.15, 0.2) is 0 Å². The second kappa shape index (κ2) is 3.08. The Hall–Kier alpha value is -0.520. The van der Waals surface area contributed by atoms with Gasteiger partial charge in [0.05, 0.1) is 0 Å². The first-order chi connectivity index (χ1) is 5.43. The summed E-state index contributed by atoms with van der Waals surface area (Å²) in [5.74, 6) is 0. The fourth-order valence-corrected chi connectivity index (χ4v) is 1.73. The molecule has 12 heavy (non-hydrogen) atoms. The predicted octanol–water partition coefficient (Wildman–Crippen LogP) is 0.956. The van der Waals surface area contributed by atoms with Crippen molar-refractivity contribution in [1.29, 1.82) is 0 Å². The van der Waals surface area contributed by atoms with Crippen LogP contribution < -0.4 is 5.43 Å². The highest BCUT2D eigenvalue weighted by Crippen LogP contribution is 2.10. The summed E-state index contributed by atoms with van der Waals surface area (Å²) in [6.07, 6.45) is 2.16. The van der Waals surface area contributed by atoms with Crippen molar-refractivity contribution in [2.75, 3.05) is 0 Å². The lowest BCUT2D eigenvalue weighted by molar-refractivity contribution is 0.608. The maximum atomic E-state index is 11.0. The van der Waals surface area contributed by atoms with E-state index in [4.69, 9.17) is 22.3 Å². The van der Waals surface area contributed by atoms with E-state index in [1.807, 2.05) is 0 Å². The first-order valence-corrected chi connectivity index (χ1v) is 5.43. The lowest BCUT2D eigenvalue weighted by atomic mass is 10.5. The van der Waals surface area contributed by atoms with E-state index in [9.17, 15) is 13.2 Å². The molecule has 66 valence electrons. The summed E-state index contributed by atoms with van der Waals surface area (Å²) < 4.78 is 21.4. The molecule has 4 nitrogen and oxygen atoms in total. The standard InChI is InChI=1S/C5H3Cl2NO3S/c6-3-1-8-2-4(5(3)9)12(7,10)11/h1-2H,(H,8,9). The van der Waals surface area contributed by atoms with Gasteiger partial charge < -0.3 is 4.98 Å². The van der Waals surface area contributed by atoms with E-state index in [-0.39, 0.29) is 5.02 Å². The molecule has 1 aromatic rings. The first-order valence-electron chi connectivity index (χ1n) is 2.74. The number of rotatable bonds is 1. The lowest BCUT2D eigenvalue weighted by Crippen LogP contribution is -2.11. The molecule has 1 aromatic heterocycles. The maximum absolute atomic E-state index is 11.0. The second-order valence-corrected chi connectivity index (χ2v) is 4.88. The van der Waals surface area contributed by atoms with Gasteiger partial charge in [-0.3, -0.25) is 4.79 Å². The van der Waals surface area contributed by atoms with E-state index in [0.29, 0.717) is 0 Å². The largest absolute Gasteiger partial charge is 0.365 e. The van der Waals surface area contributed by atoms with Crippen molar-refractivity contribution in [1.82, 2.24) is 4.98 Å². The van der Waals surface area contributed by atoms with Crippen LogP contribution in [0.2, 0.25) is 5.02 Å². The predicted molar refractivity (Wildman–Crippen MR) is 45.1 cm³/mol. The third-order valence-corrected chi connectivity index (χ3v) is 2.74. The quantitative estimate of drug-likeness (QED) is 0.727. The molecule has 1 heterocycles. The molecule has 0 aromatic carbocycles. The SMILES string of the molecule is O=c1c(Cl)c[nH]cc1S(=O)(=O)Cl. The molecule has 0 bridgehead atoms. The molecule has 0 amide bonds. The molecule has 0 atom stereocenters. The van der Waals surface area contributed by atoms with Gasteiger partial charge in [0.2, 0.25) is 5.43 Å². The summed E-state index contributed by atoms with van der Waals surface area (Å²) in [7, 11) is 0.917. The molecule has 0 aliphatic rings. The van der Waals surface area contributed by atoms with E-state index >= 15 is 0 Å². The van der Waals surface area contributed by atoms with Crippen molar-refractivity contribution >= 4 is 31.3 Å². The van der Waals surface area contributed by atoms with Gasteiger partial charge in [-0.05, 0) is 0 Å². The molecule has 0 fully saturated rings. The molecule has 1 N–H and O–H groups in total. The van der Waals surface area contributed by atoms with Gasteiger partial charge in [0.1, 0.15) is 9.92 Å². The molecular formula is C5H3Cl2NO3S.